The van der Waals surface area contributed by atoms with Gasteiger partial charge < -0.3 is 5.73 Å². The molecule has 2 heteroatoms. The van der Waals surface area contributed by atoms with Crippen LogP contribution in [0.1, 0.15) is 54.4 Å². The normalized spacial score (nSPS) is 24.6. The molecule has 16 heavy (non-hydrogen) atoms. The lowest BCUT2D eigenvalue weighted by molar-refractivity contribution is 0.0999. The number of hydrogen-bond donors (Lipinski definition) is 1. The molecule has 0 saturated heterocycles. The average Bonchev–Trinajstić information content (AvgIpc) is 2.77. The third-order valence-corrected chi connectivity index (χ3v) is 3.78. The Morgan fingerprint density at radius 2 is 2.12 bits per heavy atom. The zero-order valence-corrected chi connectivity index (χ0v) is 9.78. The quantitative estimate of drug-likeness (QED) is 0.830. The lowest BCUT2D eigenvalue weighted by Gasteiger charge is -2.13. The van der Waals surface area contributed by atoms with Crippen molar-refractivity contribution in [2.45, 2.75) is 38.5 Å². The van der Waals surface area contributed by atoms with E-state index in [1.165, 1.54) is 25.7 Å². The van der Waals surface area contributed by atoms with Crippen LogP contribution in [0.15, 0.2) is 24.3 Å². The molecule has 2 atom stereocenters. The molecule has 0 heterocycles. The van der Waals surface area contributed by atoms with Crippen molar-refractivity contribution >= 4 is 5.91 Å². The SMILES string of the molecule is CCC1CCC(c2ccccc2C(N)=O)C1. The average molecular weight is 217 g/mol. The number of carbonyl (C=O) groups is 1. The third-order valence-electron chi connectivity index (χ3n) is 3.78. The van der Waals surface area contributed by atoms with Crippen molar-refractivity contribution < 1.29 is 4.79 Å². The first-order valence-corrected chi connectivity index (χ1v) is 6.11. The minimum Gasteiger partial charge on any atom is -0.366 e. The van der Waals surface area contributed by atoms with Crippen molar-refractivity contribution in [2.75, 3.05) is 0 Å². The summed E-state index contributed by atoms with van der Waals surface area (Å²) in [6, 6.07) is 7.79. The highest BCUT2D eigenvalue weighted by molar-refractivity contribution is 5.94. The third kappa shape index (κ3) is 2.11. The van der Waals surface area contributed by atoms with Crippen molar-refractivity contribution in [1.82, 2.24) is 0 Å². The van der Waals surface area contributed by atoms with E-state index in [4.69, 9.17) is 5.73 Å². The molecule has 1 saturated carbocycles. The van der Waals surface area contributed by atoms with E-state index in [9.17, 15) is 4.79 Å². The fourth-order valence-corrected chi connectivity index (χ4v) is 2.81. The van der Waals surface area contributed by atoms with Gasteiger partial charge >= 0.3 is 0 Å². The van der Waals surface area contributed by atoms with Crippen LogP contribution in [0.3, 0.4) is 0 Å². The molecule has 86 valence electrons. The van der Waals surface area contributed by atoms with Crippen molar-refractivity contribution in [3.05, 3.63) is 35.4 Å². The largest absolute Gasteiger partial charge is 0.366 e. The molecule has 2 N–H and O–H groups in total. The van der Waals surface area contributed by atoms with E-state index in [0.717, 1.165) is 11.5 Å². The van der Waals surface area contributed by atoms with Crippen LogP contribution in [-0.2, 0) is 0 Å². The maximum Gasteiger partial charge on any atom is 0.248 e. The maximum absolute atomic E-state index is 11.4. The summed E-state index contributed by atoms with van der Waals surface area (Å²) in [4.78, 5) is 11.4. The van der Waals surface area contributed by atoms with E-state index >= 15 is 0 Å². The summed E-state index contributed by atoms with van der Waals surface area (Å²) >= 11 is 0. The van der Waals surface area contributed by atoms with Crippen molar-refractivity contribution in [2.24, 2.45) is 11.7 Å². The highest BCUT2D eigenvalue weighted by atomic mass is 16.1. The topological polar surface area (TPSA) is 43.1 Å². The molecule has 1 aromatic rings. The van der Waals surface area contributed by atoms with Gasteiger partial charge in [-0.05, 0) is 42.7 Å². The summed E-state index contributed by atoms with van der Waals surface area (Å²) in [5.41, 5.74) is 7.28. The molecular formula is C14H19NO. The monoisotopic (exact) mass is 217 g/mol. The predicted molar refractivity (Wildman–Crippen MR) is 65.3 cm³/mol. The second kappa shape index (κ2) is 4.69. The molecule has 1 amide bonds. The number of amides is 1. The van der Waals surface area contributed by atoms with Gasteiger partial charge in [0.2, 0.25) is 5.91 Å². The molecule has 1 fully saturated rings. The summed E-state index contributed by atoms with van der Waals surface area (Å²) in [5, 5.41) is 0. The van der Waals surface area contributed by atoms with Gasteiger partial charge in [-0.1, -0.05) is 31.5 Å². The number of primary amides is 1. The summed E-state index contributed by atoms with van der Waals surface area (Å²) in [7, 11) is 0. The van der Waals surface area contributed by atoms with Gasteiger partial charge in [-0.2, -0.15) is 0 Å². The minimum absolute atomic E-state index is 0.296. The lowest BCUT2D eigenvalue weighted by Crippen LogP contribution is -2.14. The van der Waals surface area contributed by atoms with Crippen molar-refractivity contribution in [1.29, 1.82) is 0 Å². The van der Waals surface area contributed by atoms with E-state index in [0.29, 0.717) is 11.5 Å². The Labute approximate surface area is 96.8 Å². The second-order valence-electron chi connectivity index (χ2n) is 4.74. The maximum atomic E-state index is 11.4. The molecule has 2 nitrogen and oxygen atoms in total. The lowest BCUT2D eigenvalue weighted by atomic mass is 9.91. The van der Waals surface area contributed by atoms with Gasteiger partial charge in [0.25, 0.3) is 0 Å². The fraction of sp³-hybridized carbons (Fsp3) is 0.500. The van der Waals surface area contributed by atoms with Crippen LogP contribution >= 0.6 is 0 Å². The molecule has 0 radical (unpaired) electrons. The zero-order valence-electron chi connectivity index (χ0n) is 9.78. The molecule has 1 aliphatic rings. The van der Waals surface area contributed by atoms with E-state index in [2.05, 4.69) is 13.0 Å². The Bertz CT molecular complexity index is 386. The van der Waals surface area contributed by atoms with Gasteiger partial charge in [-0.25, -0.2) is 0 Å². The van der Waals surface area contributed by atoms with Crippen LogP contribution in [0.25, 0.3) is 0 Å². The smallest absolute Gasteiger partial charge is 0.248 e. The van der Waals surface area contributed by atoms with E-state index in [1.54, 1.807) is 0 Å². The van der Waals surface area contributed by atoms with Gasteiger partial charge in [0.05, 0.1) is 0 Å². The van der Waals surface area contributed by atoms with Crippen LogP contribution in [0, 0.1) is 5.92 Å². The van der Waals surface area contributed by atoms with Gasteiger partial charge in [-0.15, -0.1) is 0 Å². The Hall–Kier alpha value is -1.31. The Morgan fingerprint density at radius 3 is 2.75 bits per heavy atom. The highest BCUT2D eigenvalue weighted by Gasteiger charge is 2.26. The van der Waals surface area contributed by atoms with E-state index in [-0.39, 0.29) is 5.91 Å². The van der Waals surface area contributed by atoms with Crippen LogP contribution in [0.5, 0.6) is 0 Å². The Morgan fingerprint density at radius 1 is 1.38 bits per heavy atom. The van der Waals surface area contributed by atoms with Gasteiger partial charge in [0, 0.05) is 5.56 Å². The summed E-state index contributed by atoms with van der Waals surface area (Å²) in [6.07, 6.45) is 4.94. The van der Waals surface area contributed by atoms with E-state index < -0.39 is 0 Å². The van der Waals surface area contributed by atoms with Crippen LogP contribution in [0.4, 0.5) is 0 Å². The van der Waals surface area contributed by atoms with Crippen molar-refractivity contribution in [3.8, 4) is 0 Å². The summed E-state index contributed by atoms with van der Waals surface area (Å²) in [5.74, 6) is 1.06. The molecule has 1 aliphatic carbocycles. The second-order valence-corrected chi connectivity index (χ2v) is 4.74. The van der Waals surface area contributed by atoms with Gasteiger partial charge in [0.1, 0.15) is 0 Å². The number of benzene rings is 1. The van der Waals surface area contributed by atoms with E-state index in [1.807, 2.05) is 18.2 Å². The number of hydrogen-bond acceptors (Lipinski definition) is 1. The molecule has 0 aliphatic heterocycles. The number of nitrogens with two attached hydrogens (primary N) is 1. The van der Waals surface area contributed by atoms with Gasteiger partial charge in [0.15, 0.2) is 0 Å². The Balaban J connectivity index is 2.24. The van der Waals surface area contributed by atoms with Crippen molar-refractivity contribution in [3.63, 3.8) is 0 Å². The first-order chi connectivity index (χ1) is 7.72. The van der Waals surface area contributed by atoms with Crippen LogP contribution in [0.2, 0.25) is 0 Å². The first-order valence-electron chi connectivity index (χ1n) is 6.11. The zero-order chi connectivity index (χ0) is 11.5. The highest BCUT2D eigenvalue weighted by Crippen LogP contribution is 2.40. The minimum atomic E-state index is -0.296. The van der Waals surface area contributed by atoms with Crippen LogP contribution in [-0.4, -0.2) is 5.91 Å². The molecule has 0 spiro atoms. The number of rotatable bonds is 3. The number of carbonyl (C=O) groups excluding carboxylic acids is 1. The summed E-state index contributed by atoms with van der Waals surface area (Å²) in [6.45, 7) is 2.24. The van der Waals surface area contributed by atoms with Gasteiger partial charge in [-0.3, -0.25) is 4.79 Å². The molecule has 2 unspecified atom stereocenters. The fourth-order valence-electron chi connectivity index (χ4n) is 2.81. The first kappa shape index (κ1) is 11.2. The Kier molecular flexibility index (Phi) is 3.28. The van der Waals surface area contributed by atoms with Crippen LogP contribution < -0.4 is 5.73 Å². The summed E-state index contributed by atoms with van der Waals surface area (Å²) < 4.78 is 0. The molecule has 0 bridgehead atoms. The predicted octanol–water partition coefficient (Wildman–Crippen LogP) is 3.08. The molecule has 2 rings (SSSR count). The molecular weight excluding hydrogens is 198 g/mol. The standard InChI is InChI=1S/C14H19NO/c1-2-10-7-8-11(9-10)12-5-3-4-6-13(12)14(15)16/h3-6,10-11H,2,7-9H2,1H3,(H2,15,16). The molecule has 0 aromatic heterocycles. The molecule has 1 aromatic carbocycles.